The molecular weight excluding hydrogens is 268 g/mol. The van der Waals surface area contributed by atoms with E-state index in [2.05, 4.69) is 64.7 Å². The molecule has 2 nitrogen and oxygen atoms in total. The molecule has 0 aliphatic heterocycles. The maximum Gasteiger partial charge on any atom is 0.0361 e. The molecule has 0 spiro atoms. The van der Waals surface area contributed by atoms with Crippen LogP contribution < -0.4 is 0 Å². The number of nitrogens with one attached hydrogen (secondary N) is 1. The zero-order valence-electron chi connectivity index (χ0n) is 12.0. The molecule has 0 fully saturated rings. The molecule has 1 atom stereocenters. The summed E-state index contributed by atoms with van der Waals surface area (Å²) in [5.41, 5.74) is 3.93. The van der Waals surface area contributed by atoms with Crippen molar-refractivity contribution in [3.8, 4) is 0 Å². The number of allylic oxidation sites excluding steroid dienone is 1. The van der Waals surface area contributed by atoms with Crippen molar-refractivity contribution in [2.75, 3.05) is 0 Å². The lowest BCUT2D eigenvalue weighted by atomic mass is 9.82. The molecule has 0 saturated heterocycles. The van der Waals surface area contributed by atoms with Crippen LogP contribution in [0.15, 0.2) is 67.3 Å². The van der Waals surface area contributed by atoms with Gasteiger partial charge < -0.3 is 4.98 Å². The summed E-state index contributed by atoms with van der Waals surface area (Å²) >= 11 is 0. The number of nitrogens with zero attached hydrogens (tertiary/aromatic N) is 1. The molecule has 104 valence electrons. The summed E-state index contributed by atoms with van der Waals surface area (Å²) in [6.07, 6.45) is 12.5. The van der Waals surface area contributed by atoms with Crippen LogP contribution in [0, 0.1) is 0 Å². The molecule has 4 aromatic rings. The smallest absolute Gasteiger partial charge is 0.0361 e. The van der Waals surface area contributed by atoms with E-state index in [-0.39, 0.29) is 5.92 Å². The van der Waals surface area contributed by atoms with Crippen LogP contribution in [0.4, 0.5) is 0 Å². The van der Waals surface area contributed by atoms with Gasteiger partial charge in [0.05, 0.1) is 0 Å². The number of rotatable bonds is 1. The van der Waals surface area contributed by atoms with Gasteiger partial charge in [0.2, 0.25) is 0 Å². The third-order valence-corrected chi connectivity index (χ3v) is 4.62. The maximum absolute atomic E-state index is 4.43. The zero-order valence-corrected chi connectivity index (χ0v) is 12.0. The van der Waals surface area contributed by atoms with E-state index in [1.807, 2.05) is 18.6 Å². The van der Waals surface area contributed by atoms with Crippen LogP contribution in [-0.4, -0.2) is 9.97 Å². The van der Waals surface area contributed by atoms with E-state index in [1.165, 1.54) is 32.8 Å². The van der Waals surface area contributed by atoms with Crippen molar-refractivity contribution in [3.63, 3.8) is 0 Å². The van der Waals surface area contributed by atoms with E-state index in [9.17, 15) is 0 Å². The number of fused-ring (bicyclic) bond motifs is 1. The Labute approximate surface area is 128 Å². The second-order valence-electron chi connectivity index (χ2n) is 5.82. The molecule has 1 aliphatic rings. The molecule has 2 heterocycles. The number of hydrogen-bond acceptors (Lipinski definition) is 1. The van der Waals surface area contributed by atoms with Gasteiger partial charge >= 0.3 is 0 Å². The van der Waals surface area contributed by atoms with Gasteiger partial charge in [-0.3, -0.25) is 4.98 Å². The first-order valence-electron chi connectivity index (χ1n) is 7.52. The molecule has 0 radical (unpaired) electrons. The molecular formula is C20H14N2. The normalized spacial score (nSPS) is 16.5. The molecule has 0 saturated carbocycles. The summed E-state index contributed by atoms with van der Waals surface area (Å²) in [7, 11) is 0. The molecule has 2 heteroatoms. The van der Waals surface area contributed by atoms with Gasteiger partial charge in [-0.2, -0.15) is 0 Å². The average Bonchev–Trinajstić information content (AvgIpc) is 3.05. The standard InChI is InChI=1S/C20H14N2/c1-3-13-5-2-6-17-16(8-7-14(4-1)20(13)17)19-12-22-10-15-9-21-11-18(15)19/h1-12,16,21H. The van der Waals surface area contributed by atoms with Gasteiger partial charge in [0, 0.05) is 41.5 Å². The van der Waals surface area contributed by atoms with Gasteiger partial charge in [0.1, 0.15) is 0 Å². The number of pyridine rings is 1. The Hall–Kier alpha value is -2.87. The fourth-order valence-corrected chi connectivity index (χ4v) is 3.62. The fourth-order valence-electron chi connectivity index (χ4n) is 3.62. The highest BCUT2D eigenvalue weighted by molar-refractivity contribution is 5.97. The van der Waals surface area contributed by atoms with E-state index in [0.717, 1.165) is 5.39 Å². The Kier molecular flexibility index (Phi) is 2.30. The van der Waals surface area contributed by atoms with Crippen LogP contribution in [0.2, 0.25) is 0 Å². The quantitative estimate of drug-likeness (QED) is 0.530. The summed E-state index contributed by atoms with van der Waals surface area (Å²) in [4.78, 5) is 7.62. The van der Waals surface area contributed by atoms with E-state index in [4.69, 9.17) is 0 Å². The van der Waals surface area contributed by atoms with Crippen LogP contribution in [-0.2, 0) is 0 Å². The van der Waals surface area contributed by atoms with Crippen molar-refractivity contribution < 1.29 is 0 Å². The Morgan fingerprint density at radius 1 is 0.864 bits per heavy atom. The van der Waals surface area contributed by atoms with Gasteiger partial charge in [-0.05, 0) is 27.5 Å². The van der Waals surface area contributed by atoms with E-state index in [0.29, 0.717) is 0 Å². The molecule has 1 unspecified atom stereocenters. The monoisotopic (exact) mass is 282 g/mol. The topological polar surface area (TPSA) is 28.7 Å². The minimum atomic E-state index is 0.255. The minimum Gasteiger partial charge on any atom is -0.366 e. The molecule has 22 heavy (non-hydrogen) atoms. The molecule has 0 bridgehead atoms. The molecule has 5 rings (SSSR count). The minimum absolute atomic E-state index is 0.255. The first-order chi connectivity index (χ1) is 10.9. The third-order valence-electron chi connectivity index (χ3n) is 4.62. The highest BCUT2D eigenvalue weighted by Gasteiger charge is 2.21. The number of benzene rings is 2. The lowest BCUT2D eigenvalue weighted by Crippen LogP contribution is -2.04. The maximum atomic E-state index is 4.43. The van der Waals surface area contributed by atoms with Gasteiger partial charge in [0.15, 0.2) is 0 Å². The van der Waals surface area contributed by atoms with Gasteiger partial charge in [0.25, 0.3) is 0 Å². The Morgan fingerprint density at radius 2 is 1.77 bits per heavy atom. The first kappa shape index (κ1) is 11.8. The number of aromatic nitrogens is 2. The van der Waals surface area contributed by atoms with Crippen molar-refractivity contribution in [2.24, 2.45) is 0 Å². The average molecular weight is 282 g/mol. The van der Waals surface area contributed by atoms with E-state index >= 15 is 0 Å². The van der Waals surface area contributed by atoms with Crippen molar-refractivity contribution >= 4 is 27.6 Å². The van der Waals surface area contributed by atoms with Gasteiger partial charge in [-0.15, -0.1) is 0 Å². The Balaban J connectivity index is 1.83. The predicted molar refractivity (Wildman–Crippen MR) is 90.9 cm³/mol. The van der Waals surface area contributed by atoms with Gasteiger partial charge in [-0.25, -0.2) is 0 Å². The highest BCUT2D eigenvalue weighted by Crippen LogP contribution is 2.39. The highest BCUT2D eigenvalue weighted by atomic mass is 14.7. The summed E-state index contributed by atoms with van der Waals surface area (Å²) in [5, 5.41) is 5.08. The molecule has 1 aliphatic carbocycles. The van der Waals surface area contributed by atoms with Crippen molar-refractivity contribution in [1.29, 1.82) is 0 Å². The fraction of sp³-hybridized carbons (Fsp3) is 0.0500. The van der Waals surface area contributed by atoms with Crippen LogP contribution in [0.5, 0.6) is 0 Å². The SMILES string of the molecule is C1=CC(c2cncc3c[nH]cc23)c2cccc3cccc1c23. The molecule has 0 amide bonds. The second-order valence-corrected chi connectivity index (χ2v) is 5.82. The summed E-state index contributed by atoms with van der Waals surface area (Å²) in [5.74, 6) is 0.255. The molecule has 2 aromatic carbocycles. The van der Waals surface area contributed by atoms with Crippen LogP contribution >= 0.6 is 0 Å². The van der Waals surface area contributed by atoms with Crippen molar-refractivity contribution in [1.82, 2.24) is 9.97 Å². The number of aromatic amines is 1. The predicted octanol–water partition coefficient (Wildman–Crippen LogP) is 4.87. The van der Waals surface area contributed by atoms with Crippen LogP contribution in [0.1, 0.15) is 22.6 Å². The van der Waals surface area contributed by atoms with Crippen molar-refractivity contribution in [3.05, 3.63) is 84.0 Å². The second kappa shape index (κ2) is 4.31. The van der Waals surface area contributed by atoms with Gasteiger partial charge in [-0.1, -0.05) is 48.6 Å². The third kappa shape index (κ3) is 1.52. The van der Waals surface area contributed by atoms with Crippen LogP contribution in [0.3, 0.4) is 0 Å². The van der Waals surface area contributed by atoms with E-state index < -0.39 is 0 Å². The molecule has 2 aromatic heterocycles. The number of hydrogen-bond donors (Lipinski definition) is 1. The Bertz CT molecular complexity index is 1030. The number of H-pyrrole nitrogens is 1. The lowest BCUT2D eigenvalue weighted by Gasteiger charge is -2.22. The Morgan fingerprint density at radius 3 is 2.73 bits per heavy atom. The van der Waals surface area contributed by atoms with E-state index in [1.54, 1.807) is 0 Å². The van der Waals surface area contributed by atoms with Crippen molar-refractivity contribution in [2.45, 2.75) is 5.92 Å². The van der Waals surface area contributed by atoms with Crippen LogP contribution in [0.25, 0.3) is 27.6 Å². The summed E-state index contributed by atoms with van der Waals surface area (Å²) in [6.45, 7) is 0. The first-order valence-corrected chi connectivity index (χ1v) is 7.52. The molecule has 1 N–H and O–H groups in total. The largest absolute Gasteiger partial charge is 0.366 e. The summed E-state index contributed by atoms with van der Waals surface area (Å²) < 4.78 is 0. The summed E-state index contributed by atoms with van der Waals surface area (Å²) in [6, 6.07) is 13.1. The lowest BCUT2D eigenvalue weighted by molar-refractivity contribution is 1.04. The zero-order chi connectivity index (χ0) is 14.5.